The van der Waals surface area contributed by atoms with E-state index in [0.29, 0.717) is 13.2 Å². The Morgan fingerprint density at radius 3 is 2.92 bits per heavy atom. The zero-order valence-electron chi connectivity index (χ0n) is 6.17. The Morgan fingerprint density at radius 1 is 1.75 bits per heavy atom. The van der Waals surface area contributed by atoms with Gasteiger partial charge < -0.3 is 9.84 Å². The number of nitrogens with zero attached hydrogens (tertiary/aromatic N) is 3. The average molecular weight is 169 g/mol. The highest BCUT2D eigenvalue weighted by molar-refractivity contribution is 5.84. The zero-order chi connectivity index (χ0) is 8.55. The first-order valence-electron chi connectivity index (χ1n) is 3.50. The topological polar surface area (TPSA) is 77.2 Å². The summed E-state index contributed by atoms with van der Waals surface area (Å²) in [6.07, 6.45) is 1.41. The molecule has 0 atom stereocenters. The predicted molar refractivity (Wildman–Crippen MR) is 36.8 cm³/mol. The lowest BCUT2D eigenvalue weighted by Crippen LogP contribution is -2.31. The van der Waals surface area contributed by atoms with Gasteiger partial charge in [-0.1, -0.05) is 5.21 Å². The van der Waals surface area contributed by atoms with Gasteiger partial charge in [-0.05, 0) is 0 Å². The van der Waals surface area contributed by atoms with Crippen LogP contribution >= 0.6 is 0 Å². The van der Waals surface area contributed by atoms with Crippen LogP contribution in [0.2, 0.25) is 0 Å². The van der Waals surface area contributed by atoms with Crippen molar-refractivity contribution in [3.05, 3.63) is 11.9 Å². The first-order valence-corrected chi connectivity index (χ1v) is 3.50. The van der Waals surface area contributed by atoms with Crippen LogP contribution in [0.25, 0.3) is 0 Å². The van der Waals surface area contributed by atoms with Crippen molar-refractivity contribution in [3.63, 3.8) is 0 Å². The Bertz CT molecular complexity index is 305. The number of carbonyl (C=O) groups is 1. The third-order valence-electron chi connectivity index (χ3n) is 1.72. The van der Waals surface area contributed by atoms with Gasteiger partial charge in [0.15, 0.2) is 5.69 Å². The highest BCUT2D eigenvalue weighted by Crippen LogP contribution is 2.15. The van der Waals surface area contributed by atoms with Gasteiger partial charge in [0.25, 0.3) is 0 Å². The van der Waals surface area contributed by atoms with Crippen LogP contribution in [0.5, 0.6) is 0 Å². The lowest BCUT2D eigenvalue weighted by Gasteiger charge is -2.25. The monoisotopic (exact) mass is 169 g/mol. The van der Waals surface area contributed by atoms with Crippen LogP contribution in [0.4, 0.5) is 0 Å². The summed E-state index contributed by atoms with van der Waals surface area (Å²) in [5.41, 5.74) is -0.0260. The fourth-order valence-corrected chi connectivity index (χ4v) is 0.929. The molecule has 1 fully saturated rings. The molecule has 1 aromatic heterocycles. The molecule has 12 heavy (non-hydrogen) atoms. The highest BCUT2D eigenvalue weighted by atomic mass is 16.5. The Balaban J connectivity index is 2.17. The third kappa shape index (κ3) is 1.06. The van der Waals surface area contributed by atoms with E-state index >= 15 is 0 Å². The van der Waals surface area contributed by atoms with Gasteiger partial charge in [-0.15, -0.1) is 5.10 Å². The molecular weight excluding hydrogens is 162 g/mol. The minimum Gasteiger partial charge on any atom is -0.476 e. The molecule has 0 saturated carbocycles. The lowest BCUT2D eigenvalue weighted by molar-refractivity contribution is -0.0294. The standard InChI is InChI=1S/C6H7N3O3/c10-6(11)5-1-9(8-7-5)4-2-12-3-4/h1,4H,2-3H2,(H,10,11). The van der Waals surface area contributed by atoms with Gasteiger partial charge in [0, 0.05) is 0 Å². The quantitative estimate of drug-likeness (QED) is 0.648. The molecule has 1 saturated heterocycles. The second-order valence-electron chi connectivity index (χ2n) is 2.58. The smallest absolute Gasteiger partial charge is 0.358 e. The van der Waals surface area contributed by atoms with Crippen LogP contribution < -0.4 is 0 Å². The zero-order valence-corrected chi connectivity index (χ0v) is 6.17. The molecule has 1 aliphatic rings. The van der Waals surface area contributed by atoms with Crippen LogP contribution in [0.15, 0.2) is 6.20 Å². The lowest BCUT2D eigenvalue weighted by atomic mass is 10.3. The van der Waals surface area contributed by atoms with Gasteiger partial charge in [0.2, 0.25) is 0 Å². The molecule has 64 valence electrons. The maximum atomic E-state index is 10.4. The van der Waals surface area contributed by atoms with Gasteiger partial charge >= 0.3 is 5.97 Å². The second kappa shape index (κ2) is 2.56. The summed E-state index contributed by atoms with van der Waals surface area (Å²) in [5.74, 6) is -1.05. The molecule has 0 bridgehead atoms. The molecule has 0 aromatic carbocycles. The van der Waals surface area contributed by atoms with Crippen molar-refractivity contribution in [1.29, 1.82) is 0 Å². The summed E-state index contributed by atoms with van der Waals surface area (Å²) < 4.78 is 6.44. The number of hydrogen-bond donors (Lipinski definition) is 1. The maximum Gasteiger partial charge on any atom is 0.358 e. The first-order chi connectivity index (χ1) is 5.77. The Morgan fingerprint density at radius 2 is 2.50 bits per heavy atom. The van der Waals surface area contributed by atoms with E-state index in [4.69, 9.17) is 9.84 Å². The van der Waals surface area contributed by atoms with Gasteiger partial charge in [-0.2, -0.15) is 0 Å². The molecule has 0 unspecified atom stereocenters. The van der Waals surface area contributed by atoms with Gasteiger partial charge in [0.1, 0.15) is 6.04 Å². The summed E-state index contributed by atoms with van der Waals surface area (Å²) >= 11 is 0. The van der Waals surface area contributed by atoms with E-state index in [9.17, 15) is 4.79 Å². The first kappa shape index (κ1) is 7.23. The van der Waals surface area contributed by atoms with Crippen molar-refractivity contribution >= 4 is 5.97 Å². The fraction of sp³-hybridized carbons (Fsp3) is 0.500. The minimum absolute atomic E-state index is 0.0260. The number of ether oxygens (including phenoxy) is 1. The fourth-order valence-electron chi connectivity index (χ4n) is 0.929. The Hall–Kier alpha value is -1.43. The van der Waals surface area contributed by atoms with Gasteiger partial charge in [-0.25, -0.2) is 9.48 Å². The number of aromatic nitrogens is 3. The molecule has 0 amide bonds. The molecule has 1 aromatic rings. The molecule has 1 aliphatic heterocycles. The van der Waals surface area contributed by atoms with Gasteiger partial charge in [-0.3, -0.25) is 0 Å². The van der Waals surface area contributed by atoms with E-state index in [1.54, 1.807) is 0 Å². The summed E-state index contributed by atoms with van der Waals surface area (Å²) in [6, 6.07) is 0.158. The second-order valence-corrected chi connectivity index (χ2v) is 2.58. The SMILES string of the molecule is O=C(O)c1cn(C2COC2)nn1. The van der Waals surface area contributed by atoms with E-state index in [1.807, 2.05) is 0 Å². The summed E-state index contributed by atoms with van der Waals surface area (Å²) in [4.78, 5) is 10.4. The number of carboxylic acid groups (broad SMARTS) is 1. The van der Waals surface area contributed by atoms with Crippen LogP contribution in [0.3, 0.4) is 0 Å². The van der Waals surface area contributed by atoms with Crippen LogP contribution in [0.1, 0.15) is 16.5 Å². The molecule has 2 heterocycles. The molecular formula is C6H7N3O3. The molecule has 0 radical (unpaired) electrons. The highest BCUT2D eigenvalue weighted by Gasteiger charge is 2.22. The maximum absolute atomic E-state index is 10.4. The van der Waals surface area contributed by atoms with Crippen molar-refractivity contribution in [1.82, 2.24) is 15.0 Å². The molecule has 6 heteroatoms. The van der Waals surface area contributed by atoms with E-state index in [-0.39, 0.29) is 11.7 Å². The van der Waals surface area contributed by atoms with E-state index in [0.717, 1.165) is 0 Å². The summed E-state index contributed by atoms with van der Waals surface area (Å²) in [6.45, 7) is 1.17. The van der Waals surface area contributed by atoms with Gasteiger partial charge in [0.05, 0.1) is 19.4 Å². The summed E-state index contributed by atoms with van der Waals surface area (Å²) in [5, 5.41) is 15.7. The van der Waals surface area contributed by atoms with Crippen molar-refractivity contribution in [2.24, 2.45) is 0 Å². The van der Waals surface area contributed by atoms with Crippen molar-refractivity contribution in [3.8, 4) is 0 Å². The third-order valence-corrected chi connectivity index (χ3v) is 1.72. The van der Waals surface area contributed by atoms with Crippen LogP contribution in [-0.4, -0.2) is 39.3 Å². The molecule has 0 aliphatic carbocycles. The average Bonchev–Trinajstić information content (AvgIpc) is 2.32. The number of rotatable bonds is 2. The van der Waals surface area contributed by atoms with Crippen molar-refractivity contribution in [2.75, 3.05) is 13.2 Å². The number of aromatic carboxylic acids is 1. The molecule has 1 N–H and O–H groups in total. The predicted octanol–water partition coefficient (Wildman–Crippen LogP) is -0.452. The number of hydrogen-bond acceptors (Lipinski definition) is 4. The van der Waals surface area contributed by atoms with E-state index in [2.05, 4.69) is 10.3 Å². The van der Waals surface area contributed by atoms with Crippen LogP contribution in [0, 0.1) is 0 Å². The largest absolute Gasteiger partial charge is 0.476 e. The molecule has 2 rings (SSSR count). The molecule has 6 nitrogen and oxygen atoms in total. The normalized spacial score (nSPS) is 17.3. The molecule has 0 spiro atoms. The van der Waals surface area contributed by atoms with Crippen molar-refractivity contribution < 1.29 is 14.6 Å². The number of carboxylic acids is 1. The Labute approximate surface area is 67.7 Å². The summed E-state index contributed by atoms with van der Waals surface area (Å²) in [7, 11) is 0. The van der Waals surface area contributed by atoms with Crippen molar-refractivity contribution in [2.45, 2.75) is 6.04 Å². The minimum atomic E-state index is -1.05. The van der Waals surface area contributed by atoms with E-state index in [1.165, 1.54) is 10.9 Å². The van der Waals surface area contributed by atoms with E-state index < -0.39 is 5.97 Å². The van der Waals surface area contributed by atoms with Crippen LogP contribution in [-0.2, 0) is 4.74 Å². The Kier molecular flexibility index (Phi) is 1.54.